The summed E-state index contributed by atoms with van der Waals surface area (Å²) in [5.74, 6) is 0.621. The first kappa shape index (κ1) is 15.9. The molecule has 1 heterocycles. The van der Waals surface area contributed by atoms with Gasteiger partial charge in [-0.15, -0.1) is 0 Å². The molecule has 1 saturated heterocycles. The molecule has 1 fully saturated rings. The van der Waals surface area contributed by atoms with E-state index < -0.39 is 24.6 Å². The third-order valence-corrected chi connectivity index (χ3v) is 3.40. The second kappa shape index (κ2) is 7.00. The molecule has 0 aliphatic carbocycles. The Morgan fingerprint density at radius 2 is 1.90 bits per heavy atom. The number of ketones is 1. The lowest BCUT2D eigenvalue weighted by Crippen LogP contribution is -2.54. The van der Waals surface area contributed by atoms with Crippen molar-refractivity contribution in [3.8, 4) is 5.75 Å². The van der Waals surface area contributed by atoms with Crippen LogP contribution in [0.3, 0.4) is 0 Å². The molecular formula is C15H20O6. The number of carbonyl (C=O) groups excluding carboxylic acids is 1. The highest BCUT2D eigenvalue weighted by molar-refractivity contribution is 5.75. The highest BCUT2D eigenvalue weighted by atomic mass is 16.7. The fourth-order valence-electron chi connectivity index (χ4n) is 2.07. The topological polar surface area (TPSA) is 96.2 Å². The van der Waals surface area contributed by atoms with E-state index in [2.05, 4.69) is 0 Å². The molecule has 0 saturated carbocycles. The van der Waals surface area contributed by atoms with E-state index in [-0.39, 0.29) is 12.4 Å². The molecule has 6 heteroatoms. The molecule has 0 bridgehead atoms. The third-order valence-electron chi connectivity index (χ3n) is 3.40. The molecule has 2 rings (SSSR count). The van der Waals surface area contributed by atoms with Gasteiger partial charge in [-0.2, -0.15) is 0 Å². The Bertz CT molecular complexity index is 472. The van der Waals surface area contributed by atoms with Gasteiger partial charge in [0.1, 0.15) is 29.8 Å². The summed E-state index contributed by atoms with van der Waals surface area (Å²) in [6.45, 7) is 1.46. The quantitative estimate of drug-likeness (QED) is 0.709. The van der Waals surface area contributed by atoms with Crippen LogP contribution in [-0.2, 0) is 16.0 Å². The van der Waals surface area contributed by atoms with Crippen molar-refractivity contribution in [2.45, 2.75) is 44.4 Å². The lowest BCUT2D eigenvalue weighted by atomic mass is 10.1. The number of hydrogen-bond donors (Lipinski definition) is 3. The average Bonchev–Trinajstić information content (AvgIpc) is 2.47. The number of aryl methyl sites for hydroxylation is 1. The van der Waals surface area contributed by atoms with Gasteiger partial charge in [0.25, 0.3) is 0 Å². The lowest BCUT2D eigenvalue weighted by molar-refractivity contribution is -0.242. The van der Waals surface area contributed by atoms with Gasteiger partial charge in [-0.1, -0.05) is 12.1 Å². The number of rotatable bonds is 5. The van der Waals surface area contributed by atoms with Gasteiger partial charge in [0.2, 0.25) is 6.29 Å². The molecule has 3 N–H and O–H groups in total. The molecule has 21 heavy (non-hydrogen) atoms. The maximum Gasteiger partial charge on any atom is 0.228 e. The zero-order valence-corrected chi connectivity index (χ0v) is 11.8. The Labute approximate surface area is 122 Å². The fraction of sp³-hybridized carbons (Fsp3) is 0.533. The van der Waals surface area contributed by atoms with E-state index in [1.165, 1.54) is 0 Å². The van der Waals surface area contributed by atoms with Crippen molar-refractivity contribution in [3.05, 3.63) is 29.8 Å². The van der Waals surface area contributed by atoms with Gasteiger partial charge in [-0.05, 0) is 31.0 Å². The van der Waals surface area contributed by atoms with E-state index in [4.69, 9.17) is 9.47 Å². The van der Waals surface area contributed by atoms with Crippen molar-refractivity contribution in [2.24, 2.45) is 0 Å². The molecule has 1 aromatic carbocycles. The van der Waals surface area contributed by atoms with Crippen molar-refractivity contribution in [3.63, 3.8) is 0 Å². The summed E-state index contributed by atoms with van der Waals surface area (Å²) in [4.78, 5) is 10.9. The number of hydrogen-bond acceptors (Lipinski definition) is 6. The van der Waals surface area contributed by atoms with Gasteiger partial charge < -0.3 is 29.6 Å². The number of benzene rings is 1. The van der Waals surface area contributed by atoms with Crippen LogP contribution < -0.4 is 4.74 Å². The summed E-state index contributed by atoms with van der Waals surface area (Å²) in [5.41, 5.74) is 1.01. The van der Waals surface area contributed by atoms with E-state index in [1.54, 1.807) is 19.1 Å². The van der Waals surface area contributed by atoms with Crippen LogP contribution in [0.25, 0.3) is 0 Å². The fourth-order valence-corrected chi connectivity index (χ4v) is 2.07. The van der Waals surface area contributed by atoms with Crippen LogP contribution in [0.1, 0.15) is 18.9 Å². The van der Waals surface area contributed by atoms with Gasteiger partial charge in [-0.3, -0.25) is 0 Å². The SMILES string of the molecule is CC(=O)CCc1ccc(O[C@H]2OC[C@@H](O)[C@H](O)[C@H]2O)cc1. The Kier molecular flexibility index (Phi) is 5.30. The molecule has 1 aliphatic rings. The van der Waals surface area contributed by atoms with E-state index >= 15 is 0 Å². The predicted molar refractivity (Wildman–Crippen MR) is 73.8 cm³/mol. The first-order valence-electron chi connectivity index (χ1n) is 6.88. The third kappa shape index (κ3) is 4.25. The monoisotopic (exact) mass is 296 g/mol. The van der Waals surface area contributed by atoms with Crippen LogP contribution in [0.5, 0.6) is 5.75 Å². The van der Waals surface area contributed by atoms with Gasteiger partial charge >= 0.3 is 0 Å². The molecule has 6 nitrogen and oxygen atoms in total. The summed E-state index contributed by atoms with van der Waals surface area (Å²) in [6, 6.07) is 7.09. The first-order valence-corrected chi connectivity index (χ1v) is 6.88. The molecule has 0 spiro atoms. The Morgan fingerprint density at radius 3 is 2.52 bits per heavy atom. The van der Waals surface area contributed by atoms with Crippen LogP contribution in [0.2, 0.25) is 0 Å². The van der Waals surface area contributed by atoms with Crippen LogP contribution in [0.4, 0.5) is 0 Å². The molecule has 0 amide bonds. The standard InChI is InChI=1S/C15H20O6/c1-9(16)2-3-10-4-6-11(7-5-10)21-15-14(19)13(18)12(17)8-20-15/h4-7,12-15,17-19H,2-3,8H2,1H3/t12-,13+,14-,15-/m1/s1. The number of aliphatic hydroxyl groups is 3. The Morgan fingerprint density at radius 1 is 1.24 bits per heavy atom. The molecule has 0 unspecified atom stereocenters. The van der Waals surface area contributed by atoms with Crippen LogP contribution >= 0.6 is 0 Å². The zero-order chi connectivity index (χ0) is 15.4. The van der Waals surface area contributed by atoms with Crippen molar-refractivity contribution < 1.29 is 29.6 Å². The largest absolute Gasteiger partial charge is 0.462 e. The minimum absolute atomic E-state index is 0.0976. The number of aliphatic hydroxyl groups excluding tert-OH is 3. The van der Waals surface area contributed by atoms with E-state index in [1.807, 2.05) is 12.1 Å². The summed E-state index contributed by atoms with van der Waals surface area (Å²) in [6.07, 6.45) is -3.58. The predicted octanol–water partition coefficient (Wildman–Crippen LogP) is 0.0260. The maximum absolute atomic E-state index is 10.9. The molecule has 1 aliphatic heterocycles. The second-order valence-corrected chi connectivity index (χ2v) is 5.21. The molecule has 4 atom stereocenters. The summed E-state index contributed by atoms with van der Waals surface area (Å²) >= 11 is 0. The van der Waals surface area contributed by atoms with Crippen molar-refractivity contribution in [2.75, 3.05) is 6.61 Å². The molecule has 1 aromatic rings. The van der Waals surface area contributed by atoms with Crippen LogP contribution in [0.15, 0.2) is 24.3 Å². The maximum atomic E-state index is 10.9. The van der Waals surface area contributed by atoms with Crippen LogP contribution in [-0.4, -0.2) is 52.3 Å². The smallest absolute Gasteiger partial charge is 0.228 e. The van der Waals surface area contributed by atoms with Gasteiger partial charge in [0.15, 0.2) is 0 Å². The lowest BCUT2D eigenvalue weighted by Gasteiger charge is -2.34. The average molecular weight is 296 g/mol. The molecular weight excluding hydrogens is 276 g/mol. The first-order chi connectivity index (χ1) is 9.97. The minimum atomic E-state index is -1.31. The molecule has 0 radical (unpaired) electrons. The van der Waals surface area contributed by atoms with Crippen LogP contribution in [0, 0.1) is 0 Å². The zero-order valence-electron chi connectivity index (χ0n) is 11.8. The highest BCUT2D eigenvalue weighted by Gasteiger charge is 2.38. The van der Waals surface area contributed by atoms with Gasteiger partial charge in [-0.25, -0.2) is 0 Å². The number of carbonyl (C=O) groups is 1. The Hall–Kier alpha value is -1.47. The van der Waals surface area contributed by atoms with E-state index in [0.29, 0.717) is 18.6 Å². The Balaban J connectivity index is 1.92. The summed E-state index contributed by atoms with van der Waals surface area (Å²) in [7, 11) is 0. The van der Waals surface area contributed by atoms with Crippen molar-refractivity contribution in [1.29, 1.82) is 0 Å². The minimum Gasteiger partial charge on any atom is -0.462 e. The van der Waals surface area contributed by atoms with Crippen molar-refractivity contribution in [1.82, 2.24) is 0 Å². The second-order valence-electron chi connectivity index (χ2n) is 5.21. The summed E-state index contributed by atoms with van der Waals surface area (Å²) in [5, 5.41) is 28.7. The summed E-state index contributed by atoms with van der Waals surface area (Å²) < 4.78 is 10.6. The molecule has 116 valence electrons. The molecule has 0 aromatic heterocycles. The van der Waals surface area contributed by atoms with Gasteiger partial charge in [0.05, 0.1) is 6.61 Å². The highest BCUT2D eigenvalue weighted by Crippen LogP contribution is 2.21. The van der Waals surface area contributed by atoms with E-state index in [9.17, 15) is 20.1 Å². The number of Topliss-reactive ketones (excluding diaryl/α,β-unsaturated/α-hetero) is 1. The normalized spacial score (nSPS) is 29.1. The number of ether oxygens (including phenoxy) is 2. The van der Waals surface area contributed by atoms with E-state index in [0.717, 1.165) is 5.56 Å². The van der Waals surface area contributed by atoms with Gasteiger partial charge in [0, 0.05) is 6.42 Å². The van der Waals surface area contributed by atoms with Crippen molar-refractivity contribution >= 4 is 5.78 Å².